The van der Waals surface area contributed by atoms with Gasteiger partial charge in [-0.3, -0.25) is 9.47 Å². The highest BCUT2D eigenvalue weighted by atomic mass is 19.2. The summed E-state index contributed by atoms with van der Waals surface area (Å²) in [5.41, 5.74) is 1.52. The molecule has 0 spiro atoms. The highest BCUT2D eigenvalue weighted by molar-refractivity contribution is 5.87. The molecular weight excluding hydrogens is 438 g/mol. The summed E-state index contributed by atoms with van der Waals surface area (Å²) in [6.45, 7) is 14.8. The van der Waals surface area contributed by atoms with E-state index in [1.807, 2.05) is 6.92 Å². The average Bonchev–Trinajstić information content (AvgIpc) is 2.84. The van der Waals surface area contributed by atoms with Crippen LogP contribution in [0.15, 0.2) is 35.1 Å². The van der Waals surface area contributed by atoms with Crippen molar-refractivity contribution in [2.75, 3.05) is 18.0 Å². The molecule has 4 rings (SSSR count). The lowest BCUT2D eigenvalue weighted by molar-refractivity contribution is 0.0937. The zero-order valence-electron chi connectivity index (χ0n) is 19.8. The monoisotopic (exact) mass is 466 g/mol. The zero-order chi connectivity index (χ0) is 24.6. The first kappa shape index (κ1) is 23.8. The number of piperazine rings is 1. The standard InChI is InChI=1S/C25H28F2N6O/c1-6-17-14-32(24-23-21(31(5)25(34)30-24)10-11-22(28-4)29-23)15(3)13-33(17)20(7-2)16-8-9-18(26)19(27)12-16/h8-12,15,17,20H,6-7,13-14H2,1-3,5H3/t15-,17+,20?/m0/s1. The van der Waals surface area contributed by atoms with Gasteiger partial charge < -0.3 is 9.74 Å². The van der Waals surface area contributed by atoms with Gasteiger partial charge in [0.2, 0.25) is 5.52 Å². The second kappa shape index (κ2) is 9.47. The third-order valence-corrected chi connectivity index (χ3v) is 6.78. The van der Waals surface area contributed by atoms with Crippen LogP contribution < -0.4 is 10.6 Å². The fraction of sp³-hybridized carbons (Fsp3) is 0.440. The first-order valence-corrected chi connectivity index (χ1v) is 11.5. The Morgan fingerprint density at radius 1 is 1.15 bits per heavy atom. The lowest BCUT2D eigenvalue weighted by atomic mass is 9.96. The lowest BCUT2D eigenvalue weighted by Crippen LogP contribution is -2.58. The highest BCUT2D eigenvalue weighted by Crippen LogP contribution is 2.34. The van der Waals surface area contributed by atoms with Crippen LogP contribution in [0.25, 0.3) is 15.9 Å². The molecule has 0 radical (unpaired) electrons. The van der Waals surface area contributed by atoms with Crippen LogP contribution in [0.1, 0.15) is 45.2 Å². The molecule has 1 fully saturated rings. The number of hydrogen-bond donors (Lipinski definition) is 0. The fourth-order valence-corrected chi connectivity index (χ4v) is 4.95. The quantitative estimate of drug-likeness (QED) is 0.515. The van der Waals surface area contributed by atoms with Gasteiger partial charge >= 0.3 is 5.69 Å². The van der Waals surface area contributed by atoms with Crippen molar-refractivity contribution in [2.24, 2.45) is 7.05 Å². The summed E-state index contributed by atoms with van der Waals surface area (Å²) >= 11 is 0. The summed E-state index contributed by atoms with van der Waals surface area (Å²) in [6, 6.07) is 7.47. The predicted molar refractivity (Wildman–Crippen MR) is 128 cm³/mol. The number of anilines is 1. The van der Waals surface area contributed by atoms with Gasteiger partial charge in [0, 0.05) is 38.3 Å². The van der Waals surface area contributed by atoms with Gasteiger partial charge in [0.1, 0.15) is 0 Å². The minimum Gasteiger partial charge on any atom is -0.361 e. The molecule has 0 amide bonds. The van der Waals surface area contributed by atoms with Crippen molar-refractivity contribution in [1.82, 2.24) is 19.4 Å². The number of rotatable bonds is 5. The summed E-state index contributed by atoms with van der Waals surface area (Å²) in [6.07, 6.45) is 1.57. The Bertz CT molecular complexity index is 1320. The first-order chi connectivity index (χ1) is 16.3. The number of pyridine rings is 1. The summed E-state index contributed by atoms with van der Waals surface area (Å²) in [7, 11) is 1.64. The number of aryl methyl sites for hydroxylation is 1. The largest absolute Gasteiger partial charge is 0.361 e. The van der Waals surface area contributed by atoms with E-state index in [0.717, 1.165) is 18.4 Å². The van der Waals surface area contributed by atoms with Crippen LogP contribution in [0.3, 0.4) is 0 Å². The van der Waals surface area contributed by atoms with Crippen molar-refractivity contribution in [1.29, 1.82) is 0 Å². The Morgan fingerprint density at radius 2 is 1.91 bits per heavy atom. The predicted octanol–water partition coefficient (Wildman–Crippen LogP) is 4.60. The van der Waals surface area contributed by atoms with E-state index in [0.29, 0.717) is 29.9 Å². The topological polar surface area (TPSA) is 58.6 Å². The van der Waals surface area contributed by atoms with Crippen molar-refractivity contribution in [3.05, 3.63) is 69.4 Å². The van der Waals surface area contributed by atoms with E-state index in [9.17, 15) is 13.6 Å². The fourth-order valence-electron chi connectivity index (χ4n) is 4.95. The molecule has 3 aromatic rings. The van der Waals surface area contributed by atoms with Gasteiger partial charge in [-0.2, -0.15) is 4.98 Å². The number of hydrogen-bond acceptors (Lipinski definition) is 5. The van der Waals surface area contributed by atoms with Crippen LogP contribution in [0.4, 0.5) is 20.4 Å². The maximum Gasteiger partial charge on any atom is 0.350 e. The molecule has 0 bridgehead atoms. The Morgan fingerprint density at radius 3 is 2.56 bits per heavy atom. The molecule has 1 saturated heterocycles. The number of nitrogens with zero attached hydrogens (tertiary/aromatic N) is 6. The summed E-state index contributed by atoms with van der Waals surface area (Å²) in [5.74, 6) is -0.959. The van der Waals surface area contributed by atoms with Crippen molar-refractivity contribution in [3.63, 3.8) is 0 Å². The summed E-state index contributed by atoms with van der Waals surface area (Å²) in [4.78, 5) is 29.3. The van der Waals surface area contributed by atoms with E-state index < -0.39 is 11.6 Å². The van der Waals surface area contributed by atoms with Gasteiger partial charge in [0.15, 0.2) is 17.5 Å². The molecule has 2 aromatic heterocycles. The molecule has 34 heavy (non-hydrogen) atoms. The second-order valence-electron chi connectivity index (χ2n) is 8.78. The van der Waals surface area contributed by atoms with E-state index in [1.165, 1.54) is 16.7 Å². The molecule has 1 aromatic carbocycles. The molecule has 3 heterocycles. The van der Waals surface area contributed by atoms with Crippen LogP contribution in [-0.2, 0) is 7.05 Å². The molecule has 9 heteroatoms. The number of halogens is 2. The maximum absolute atomic E-state index is 14.0. The van der Waals surface area contributed by atoms with Gasteiger partial charge in [-0.15, -0.1) is 4.98 Å². The van der Waals surface area contributed by atoms with Crippen LogP contribution in [-0.4, -0.2) is 44.6 Å². The number of benzene rings is 1. The number of aromatic nitrogens is 3. The molecule has 0 saturated carbocycles. The smallest absolute Gasteiger partial charge is 0.350 e. The van der Waals surface area contributed by atoms with Gasteiger partial charge in [0.05, 0.1) is 5.52 Å². The minimum absolute atomic E-state index is 0.0247. The molecular formula is C25H28F2N6O. The molecule has 0 aliphatic carbocycles. The SMILES string of the molecule is [C-]#[N+]c1ccc2c(n1)c(N1C[C@@H](CC)N(C(CC)c3ccc(F)c(F)c3)C[C@@H]1C)nc(=O)n2C. The molecule has 1 aliphatic heterocycles. The maximum atomic E-state index is 14.0. The third kappa shape index (κ3) is 4.14. The van der Waals surface area contributed by atoms with E-state index in [2.05, 4.69) is 38.5 Å². The van der Waals surface area contributed by atoms with Crippen molar-refractivity contribution < 1.29 is 8.78 Å². The molecule has 7 nitrogen and oxygen atoms in total. The van der Waals surface area contributed by atoms with Crippen molar-refractivity contribution in [3.8, 4) is 0 Å². The van der Waals surface area contributed by atoms with E-state index >= 15 is 0 Å². The van der Waals surface area contributed by atoms with E-state index in [-0.39, 0.29) is 29.6 Å². The minimum atomic E-state index is -0.848. The van der Waals surface area contributed by atoms with Crippen molar-refractivity contribution >= 4 is 22.7 Å². The second-order valence-corrected chi connectivity index (χ2v) is 8.78. The molecule has 0 N–H and O–H groups in total. The van der Waals surface area contributed by atoms with Gasteiger partial charge in [-0.25, -0.2) is 13.6 Å². The van der Waals surface area contributed by atoms with Gasteiger partial charge in [-0.1, -0.05) is 26.5 Å². The Kier molecular flexibility index (Phi) is 6.62. The van der Waals surface area contributed by atoms with Crippen LogP contribution in [0.5, 0.6) is 0 Å². The molecule has 178 valence electrons. The normalized spacial score (nSPS) is 19.9. The summed E-state index contributed by atoms with van der Waals surface area (Å²) < 4.78 is 29.0. The van der Waals surface area contributed by atoms with E-state index in [4.69, 9.17) is 6.57 Å². The molecule has 1 aliphatic rings. The van der Waals surface area contributed by atoms with Gasteiger partial charge in [0.25, 0.3) is 5.82 Å². The van der Waals surface area contributed by atoms with E-state index in [1.54, 1.807) is 25.2 Å². The molecule has 3 atom stereocenters. The summed E-state index contributed by atoms with van der Waals surface area (Å²) in [5, 5.41) is 0. The van der Waals surface area contributed by atoms with Crippen LogP contribution in [0, 0.1) is 18.2 Å². The lowest BCUT2D eigenvalue weighted by Gasteiger charge is -2.48. The first-order valence-electron chi connectivity index (χ1n) is 11.5. The highest BCUT2D eigenvalue weighted by Gasteiger charge is 2.37. The van der Waals surface area contributed by atoms with Crippen molar-refractivity contribution in [2.45, 2.75) is 51.7 Å². The third-order valence-electron chi connectivity index (χ3n) is 6.78. The van der Waals surface area contributed by atoms with Gasteiger partial charge in [-0.05, 0) is 49.6 Å². The average molecular weight is 467 g/mol. The van der Waals surface area contributed by atoms with Crippen LogP contribution >= 0.6 is 0 Å². The Labute approximate surface area is 197 Å². The Hall–Kier alpha value is -3.38. The zero-order valence-corrected chi connectivity index (χ0v) is 19.8. The number of fused-ring (bicyclic) bond motifs is 1. The molecule has 1 unspecified atom stereocenters. The Balaban J connectivity index is 1.74. The van der Waals surface area contributed by atoms with Crippen LogP contribution in [0.2, 0.25) is 0 Å².